The van der Waals surface area contributed by atoms with E-state index in [9.17, 15) is 10.1 Å². The zero-order valence-corrected chi connectivity index (χ0v) is 16.9. The van der Waals surface area contributed by atoms with Gasteiger partial charge in [0.25, 0.3) is 0 Å². The number of halogens is 4. The van der Waals surface area contributed by atoms with Crippen molar-refractivity contribution >= 4 is 54.7 Å². The first-order chi connectivity index (χ1) is 12.8. The van der Waals surface area contributed by atoms with Crippen molar-refractivity contribution in [3.05, 3.63) is 74.2 Å². The molecule has 0 aliphatic carbocycles. The molecule has 1 aromatic heterocycles. The van der Waals surface area contributed by atoms with E-state index in [1.165, 1.54) is 43.5 Å². The van der Waals surface area contributed by atoms with Crippen molar-refractivity contribution in [1.29, 1.82) is 0 Å². The lowest BCUT2D eigenvalue weighted by atomic mass is 9.86. The number of hydrogen-bond acceptors (Lipinski definition) is 3. The molecule has 2 aliphatic rings. The van der Waals surface area contributed by atoms with Crippen LogP contribution in [-0.2, 0) is 0 Å². The predicted molar refractivity (Wildman–Crippen MR) is 105 cm³/mol. The predicted octanol–water partition coefficient (Wildman–Crippen LogP) is 4.54. The van der Waals surface area contributed by atoms with Gasteiger partial charge in [-0.3, -0.25) is 10.1 Å². The molecule has 0 N–H and O–H groups in total. The van der Waals surface area contributed by atoms with Crippen LogP contribution in [0.15, 0.2) is 52.8 Å². The van der Waals surface area contributed by atoms with Gasteiger partial charge in [0.15, 0.2) is 11.4 Å². The van der Waals surface area contributed by atoms with Gasteiger partial charge in [0.05, 0.1) is 27.8 Å². The van der Waals surface area contributed by atoms with Crippen LogP contribution in [0.25, 0.3) is 5.57 Å². The van der Waals surface area contributed by atoms with Crippen molar-refractivity contribution in [2.75, 3.05) is 7.11 Å². The summed E-state index contributed by atoms with van der Waals surface area (Å²) < 4.78 is 37.7. The summed E-state index contributed by atoms with van der Waals surface area (Å²) in [4.78, 5) is 11.2. The van der Waals surface area contributed by atoms with E-state index in [0.717, 1.165) is 8.96 Å². The number of nitro groups is 1. The molecule has 4 rings (SSSR count). The van der Waals surface area contributed by atoms with E-state index in [0.29, 0.717) is 5.57 Å². The number of nitro benzene ring substituents is 1. The quantitative estimate of drug-likeness (QED) is 0.353. The highest BCUT2D eigenvalue weighted by molar-refractivity contribution is 9.18. The molecule has 1 aromatic carbocycles. The Morgan fingerprint density at radius 2 is 1.96 bits per heavy atom. The SMILES string of the molecule is COc1cccc(C2=C3C=CC(Br)=[N+]3[B-](F)(F)n3c(Br)ccc32)c1[N+](=O)[O-]. The molecule has 2 aliphatic heterocycles. The van der Waals surface area contributed by atoms with Crippen LogP contribution in [-0.4, -0.2) is 32.6 Å². The van der Waals surface area contributed by atoms with E-state index in [-0.39, 0.29) is 37.6 Å². The van der Waals surface area contributed by atoms with Crippen molar-refractivity contribution < 1.29 is 22.8 Å². The molecule has 0 saturated heterocycles. The summed E-state index contributed by atoms with van der Waals surface area (Å²) in [7, 11) is 1.33. The second kappa shape index (κ2) is 6.13. The van der Waals surface area contributed by atoms with Gasteiger partial charge in [-0.25, -0.2) is 0 Å². The summed E-state index contributed by atoms with van der Waals surface area (Å²) in [6.07, 6.45) is 3.01. The van der Waals surface area contributed by atoms with E-state index in [1.807, 2.05) is 0 Å². The van der Waals surface area contributed by atoms with Crippen molar-refractivity contribution in [1.82, 2.24) is 4.48 Å². The number of fused-ring (bicyclic) bond motifs is 2. The third-order valence-corrected chi connectivity index (χ3v) is 5.83. The summed E-state index contributed by atoms with van der Waals surface area (Å²) in [5.74, 6) is 0.0576. The third-order valence-electron chi connectivity index (χ3n) is 4.54. The van der Waals surface area contributed by atoms with Crippen LogP contribution in [0.3, 0.4) is 0 Å². The second-order valence-electron chi connectivity index (χ2n) is 5.90. The average molecular weight is 501 g/mol. The molecule has 0 bridgehead atoms. The van der Waals surface area contributed by atoms with Crippen LogP contribution in [0.4, 0.5) is 14.3 Å². The summed E-state index contributed by atoms with van der Waals surface area (Å²) >= 11 is 6.33. The van der Waals surface area contributed by atoms with E-state index in [1.54, 1.807) is 6.07 Å². The average Bonchev–Trinajstić information content (AvgIpc) is 3.19. The molecular weight excluding hydrogens is 491 g/mol. The number of nitrogens with zero attached hydrogens (tertiary/aromatic N) is 3. The Bertz CT molecular complexity index is 1110. The van der Waals surface area contributed by atoms with Crippen LogP contribution in [0, 0.1) is 10.1 Å². The number of para-hydroxylation sites is 1. The lowest BCUT2D eigenvalue weighted by molar-refractivity contribution is -0.386. The monoisotopic (exact) mass is 499 g/mol. The Balaban J connectivity index is 2.15. The second-order valence-corrected chi connectivity index (χ2v) is 7.52. The van der Waals surface area contributed by atoms with E-state index < -0.39 is 11.9 Å². The Labute approximate surface area is 168 Å². The smallest absolute Gasteiger partial charge is 0.490 e. The number of hydrogen-bond donors (Lipinski definition) is 0. The van der Waals surface area contributed by atoms with Gasteiger partial charge in [-0.05, 0) is 40.2 Å². The Kier molecular flexibility index (Phi) is 4.11. The maximum atomic E-state index is 15.2. The van der Waals surface area contributed by atoms with Gasteiger partial charge in [0, 0.05) is 33.8 Å². The highest BCUT2D eigenvalue weighted by Crippen LogP contribution is 2.45. The molecule has 6 nitrogen and oxygen atoms in total. The molecule has 0 spiro atoms. The minimum absolute atomic E-state index is 0.0576. The van der Waals surface area contributed by atoms with Crippen molar-refractivity contribution in [2.45, 2.75) is 0 Å². The van der Waals surface area contributed by atoms with E-state index in [2.05, 4.69) is 31.9 Å². The van der Waals surface area contributed by atoms with Gasteiger partial charge in [-0.2, -0.15) is 0 Å². The maximum Gasteiger partial charge on any atom is 0.738 e. The lowest BCUT2D eigenvalue weighted by Crippen LogP contribution is -2.50. The molecule has 11 heteroatoms. The van der Waals surface area contributed by atoms with Crippen LogP contribution in [0.5, 0.6) is 5.75 Å². The zero-order valence-electron chi connectivity index (χ0n) is 13.7. The largest absolute Gasteiger partial charge is 0.738 e. The molecule has 27 heavy (non-hydrogen) atoms. The molecular formula is C16H10BBr2F2N3O3. The van der Waals surface area contributed by atoms with E-state index in [4.69, 9.17) is 4.74 Å². The molecule has 3 heterocycles. The number of allylic oxidation sites excluding steroid dienone is 2. The molecule has 0 atom stereocenters. The highest BCUT2D eigenvalue weighted by Gasteiger charge is 2.54. The number of ether oxygens (including phenoxy) is 1. The topological polar surface area (TPSA) is 60.3 Å². The molecule has 0 radical (unpaired) electrons. The van der Waals surface area contributed by atoms with Crippen LogP contribution < -0.4 is 4.74 Å². The van der Waals surface area contributed by atoms with Gasteiger partial charge >= 0.3 is 12.7 Å². The minimum Gasteiger partial charge on any atom is -0.490 e. The fourth-order valence-electron chi connectivity index (χ4n) is 3.49. The third kappa shape index (κ3) is 2.44. The minimum atomic E-state index is -4.19. The first-order valence-electron chi connectivity index (χ1n) is 7.74. The molecule has 2 aromatic rings. The standard InChI is InChI=1S/C16H10BBr2F2N3O3/c1-27-12-4-2-3-9(16(12)24(25)26)15-10-5-7-13(18)22(10)17(20,21)23-11(15)6-8-14(23)19/h2-8H,1H3. The molecule has 0 unspecified atom stereocenters. The fraction of sp³-hybridized carbons (Fsp3) is 0.0625. The molecule has 0 saturated carbocycles. The highest BCUT2D eigenvalue weighted by atomic mass is 79.9. The summed E-state index contributed by atoms with van der Waals surface area (Å²) in [5, 5.41) is 11.7. The number of aromatic nitrogens is 1. The fourth-order valence-corrected chi connectivity index (χ4v) is 4.62. The lowest BCUT2D eigenvalue weighted by Gasteiger charge is -2.32. The van der Waals surface area contributed by atoms with Crippen molar-refractivity contribution in [2.24, 2.45) is 0 Å². The molecule has 0 amide bonds. The Morgan fingerprint density at radius 1 is 1.22 bits per heavy atom. The van der Waals surface area contributed by atoms with Crippen LogP contribution in [0.2, 0.25) is 0 Å². The van der Waals surface area contributed by atoms with E-state index >= 15 is 8.63 Å². The summed E-state index contributed by atoms with van der Waals surface area (Å²) in [6, 6.07) is 7.60. The van der Waals surface area contributed by atoms with Gasteiger partial charge in [-0.1, -0.05) is 6.07 Å². The summed E-state index contributed by atoms with van der Waals surface area (Å²) in [5.41, 5.74) is 0.609. The molecule has 138 valence electrons. The number of rotatable bonds is 3. The van der Waals surface area contributed by atoms with Crippen molar-refractivity contribution in [3.63, 3.8) is 0 Å². The summed E-state index contributed by atoms with van der Waals surface area (Å²) in [6.45, 7) is -4.19. The first-order valence-corrected chi connectivity index (χ1v) is 9.33. The van der Waals surface area contributed by atoms with Gasteiger partial charge in [0.2, 0.25) is 4.62 Å². The van der Waals surface area contributed by atoms with Gasteiger partial charge in [-0.15, -0.1) is 0 Å². The Hall–Kier alpha value is -2.27. The zero-order chi connectivity index (χ0) is 19.5. The normalized spacial score (nSPS) is 17.2. The van der Waals surface area contributed by atoms with Gasteiger partial charge in [0.1, 0.15) is 0 Å². The van der Waals surface area contributed by atoms with Gasteiger partial charge < -0.3 is 22.3 Å². The van der Waals surface area contributed by atoms with Crippen molar-refractivity contribution in [3.8, 4) is 5.75 Å². The number of benzene rings is 1. The Morgan fingerprint density at radius 3 is 2.63 bits per heavy atom. The first kappa shape index (κ1) is 18.1. The number of methoxy groups -OCH3 is 1. The van der Waals surface area contributed by atoms with Crippen LogP contribution in [0.1, 0.15) is 11.3 Å². The maximum absolute atomic E-state index is 15.2. The van der Waals surface area contributed by atoms with Crippen LogP contribution >= 0.6 is 31.9 Å². The molecule has 0 fully saturated rings.